The summed E-state index contributed by atoms with van der Waals surface area (Å²) in [5.41, 5.74) is 3.24. The SMILES string of the molecule is c1cc(CNC2CC2)c2nccnc2c1. The maximum Gasteiger partial charge on any atom is 0.0931 e. The Bertz CT molecular complexity index is 472. The van der Waals surface area contributed by atoms with E-state index in [0.29, 0.717) is 0 Å². The summed E-state index contributed by atoms with van der Waals surface area (Å²) in [7, 11) is 0. The molecule has 0 bridgehead atoms. The lowest BCUT2D eigenvalue weighted by Gasteiger charge is -2.05. The van der Waals surface area contributed by atoms with Gasteiger partial charge in [-0.25, -0.2) is 0 Å². The van der Waals surface area contributed by atoms with Crippen molar-refractivity contribution in [2.75, 3.05) is 0 Å². The third-order valence-electron chi connectivity index (χ3n) is 2.74. The van der Waals surface area contributed by atoms with Gasteiger partial charge in [-0.3, -0.25) is 9.97 Å². The Balaban J connectivity index is 1.93. The van der Waals surface area contributed by atoms with E-state index in [9.17, 15) is 0 Å². The quantitative estimate of drug-likeness (QED) is 0.820. The largest absolute Gasteiger partial charge is 0.310 e. The van der Waals surface area contributed by atoms with Crippen molar-refractivity contribution in [2.45, 2.75) is 25.4 Å². The van der Waals surface area contributed by atoms with E-state index in [4.69, 9.17) is 0 Å². The Labute approximate surface area is 88.6 Å². The first-order valence-corrected chi connectivity index (χ1v) is 5.35. The van der Waals surface area contributed by atoms with Crippen molar-refractivity contribution >= 4 is 11.0 Å². The number of benzene rings is 1. The maximum absolute atomic E-state index is 4.38. The molecule has 0 unspecified atom stereocenters. The van der Waals surface area contributed by atoms with Gasteiger partial charge in [-0.15, -0.1) is 0 Å². The first-order chi connectivity index (χ1) is 7.43. The number of para-hydroxylation sites is 1. The van der Waals surface area contributed by atoms with Crippen LogP contribution in [0.3, 0.4) is 0 Å². The van der Waals surface area contributed by atoms with E-state index < -0.39 is 0 Å². The van der Waals surface area contributed by atoms with Crippen LogP contribution in [0.5, 0.6) is 0 Å². The van der Waals surface area contributed by atoms with Gasteiger partial charge in [0, 0.05) is 25.0 Å². The van der Waals surface area contributed by atoms with Crippen LogP contribution in [-0.2, 0) is 6.54 Å². The normalized spacial score (nSPS) is 15.7. The molecule has 1 aliphatic carbocycles. The average Bonchev–Trinajstić information content (AvgIpc) is 3.10. The molecule has 1 aromatic heterocycles. The van der Waals surface area contributed by atoms with Gasteiger partial charge in [0.25, 0.3) is 0 Å². The summed E-state index contributed by atoms with van der Waals surface area (Å²) >= 11 is 0. The zero-order chi connectivity index (χ0) is 10.1. The maximum atomic E-state index is 4.38. The molecule has 1 fully saturated rings. The van der Waals surface area contributed by atoms with Gasteiger partial charge in [0.1, 0.15) is 0 Å². The Kier molecular flexibility index (Phi) is 2.10. The van der Waals surface area contributed by atoms with Crippen LogP contribution >= 0.6 is 0 Å². The minimum atomic E-state index is 0.733. The second-order valence-electron chi connectivity index (χ2n) is 4.00. The molecule has 0 saturated heterocycles. The molecule has 3 nitrogen and oxygen atoms in total. The minimum Gasteiger partial charge on any atom is -0.310 e. The summed E-state index contributed by atoms with van der Waals surface area (Å²) in [6.07, 6.45) is 6.12. The van der Waals surface area contributed by atoms with Crippen LogP contribution in [0.4, 0.5) is 0 Å². The van der Waals surface area contributed by atoms with Gasteiger partial charge in [0.05, 0.1) is 11.0 Å². The number of rotatable bonds is 3. The summed E-state index contributed by atoms with van der Waals surface area (Å²) < 4.78 is 0. The summed E-state index contributed by atoms with van der Waals surface area (Å²) in [6.45, 7) is 0.903. The fraction of sp³-hybridized carbons (Fsp3) is 0.333. The Hall–Kier alpha value is -1.48. The van der Waals surface area contributed by atoms with E-state index in [1.54, 1.807) is 12.4 Å². The number of fused-ring (bicyclic) bond motifs is 1. The van der Waals surface area contributed by atoms with Crippen LogP contribution in [0, 0.1) is 0 Å². The highest BCUT2D eigenvalue weighted by molar-refractivity contribution is 5.77. The van der Waals surface area contributed by atoms with E-state index in [2.05, 4.69) is 21.4 Å². The van der Waals surface area contributed by atoms with E-state index in [-0.39, 0.29) is 0 Å². The summed E-state index contributed by atoms with van der Waals surface area (Å²) in [5.74, 6) is 0. The molecule has 0 radical (unpaired) electrons. The lowest BCUT2D eigenvalue weighted by molar-refractivity contribution is 0.690. The number of nitrogens with zero attached hydrogens (tertiary/aromatic N) is 2. The van der Waals surface area contributed by atoms with Crippen LogP contribution in [0.2, 0.25) is 0 Å². The molecule has 1 aromatic carbocycles. The first kappa shape index (κ1) is 8.80. The molecular formula is C12H13N3. The molecule has 1 aliphatic rings. The van der Waals surface area contributed by atoms with Crippen molar-refractivity contribution in [3.63, 3.8) is 0 Å². The van der Waals surface area contributed by atoms with Crippen molar-refractivity contribution in [1.82, 2.24) is 15.3 Å². The van der Waals surface area contributed by atoms with Gasteiger partial charge in [0.2, 0.25) is 0 Å². The van der Waals surface area contributed by atoms with Gasteiger partial charge < -0.3 is 5.32 Å². The molecule has 3 heteroatoms. The van der Waals surface area contributed by atoms with Gasteiger partial charge in [-0.2, -0.15) is 0 Å². The number of aromatic nitrogens is 2. The Morgan fingerprint density at radius 1 is 1.20 bits per heavy atom. The lowest BCUT2D eigenvalue weighted by Crippen LogP contribution is -2.15. The molecule has 0 aliphatic heterocycles. The predicted molar refractivity (Wildman–Crippen MR) is 59.4 cm³/mol. The Morgan fingerprint density at radius 2 is 2.07 bits per heavy atom. The first-order valence-electron chi connectivity index (χ1n) is 5.35. The van der Waals surface area contributed by atoms with Gasteiger partial charge >= 0.3 is 0 Å². The van der Waals surface area contributed by atoms with Gasteiger partial charge in [-0.1, -0.05) is 12.1 Å². The standard InChI is InChI=1S/C12H13N3/c1-2-9(8-15-10-4-5-10)12-11(3-1)13-6-7-14-12/h1-3,6-7,10,15H,4-5,8H2. The highest BCUT2D eigenvalue weighted by Crippen LogP contribution is 2.20. The van der Waals surface area contributed by atoms with Crippen molar-refractivity contribution in [3.05, 3.63) is 36.2 Å². The molecule has 76 valence electrons. The molecule has 1 N–H and O–H groups in total. The van der Waals surface area contributed by atoms with Gasteiger partial charge in [0.15, 0.2) is 0 Å². The molecule has 1 heterocycles. The molecule has 15 heavy (non-hydrogen) atoms. The molecule has 2 aromatic rings. The number of nitrogens with one attached hydrogen (secondary N) is 1. The van der Waals surface area contributed by atoms with Crippen molar-refractivity contribution in [2.24, 2.45) is 0 Å². The number of hydrogen-bond donors (Lipinski definition) is 1. The molecule has 0 atom stereocenters. The highest BCUT2D eigenvalue weighted by atomic mass is 14.9. The zero-order valence-electron chi connectivity index (χ0n) is 8.48. The van der Waals surface area contributed by atoms with Gasteiger partial charge in [-0.05, 0) is 24.5 Å². The van der Waals surface area contributed by atoms with Crippen LogP contribution in [-0.4, -0.2) is 16.0 Å². The summed E-state index contributed by atoms with van der Waals surface area (Å²) in [4.78, 5) is 8.67. The predicted octanol–water partition coefficient (Wildman–Crippen LogP) is 1.88. The number of hydrogen-bond acceptors (Lipinski definition) is 3. The van der Waals surface area contributed by atoms with Crippen LogP contribution in [0.15, 0.2) is 30.6 Å². The van der Waals surface area contributed by atoms with Crippen LogP contribution in [0.1, 0.15) is 18.4 Å². The van der Waals surface area contributed by atoms with Crippen LogP contribution < -0.4 is 5.32 Å². The minimum absolute atomic E-state index is 0.733. The van der Waals surface area contributed by atoms with Crippen molar-refractivity contribution in [1.29, 1.82) is 0 Å². The molecule has 1 saturated carbocycles. The van der Waals surface area contributed by atoms with E-state index >= 15 is 0 Å². The second kappa shape index (κ2) is 3.59. The summed E-state index contributed by atoms with van der Waals surface area (Å²) in [6, 6.07) is 6.90. The third kappa shape index (κ3) is 1.83. The third-order valence-corrected chi connectivity index (χ3v) is 2.74. The second-order valence-corrected chi connectivity index (χ2v) is 4.00. The topological polar surface area (TPSA) is 37.8 Å². The smallest absolute Gasteiger partial charge is 0.0931 e. The van der Waals surface area contributed by atoms with Crippen LogP contribution in [0.25, 0.3) is 11.0 Å². The lowest BCUT2D eigenvalue weighted by atomic mass is 10.1. The van der Waals surface area contributed by atoms with E-state index in [1.165, 1.54) is 18.4 Å². The monoisotopic (exact) mass is 199 g/mol. The zero-order valence-corrected chi connectivity index (χ0v) is 8.48. The fourth-order valence-electron chi connectivity index (χ4n) is 1.74. The van der Waals surface area contributed by atoms with Crippen molar-refractivity contribution < 1.29 is 0 Å². The Morgan fingerprint density at radius 3 is 2.93 bits per heavy atom. The molecule has 3 rings (SSSR count). The van der Waals surface area contributed by atoms with E-state index in [0.717, 1.165) is 23.6 Å². The molecule has 0 spiro atoms. The van der Waals surface area contributed by atoms with Crippen molar-refractivity contribution in [3.8, 4) is 0 Å². The van der Waals surface area contributed by atoms with E-state index in [1.807, 2.05) is 12.1 Å². The fourth-order valence-corrected chi connectivity index (χ4v) is 1.74. The molecular weight excluding hydrogens is 186 g/mol. The summed E-state index contributed by atoms with van der Waals surface area (Å²) in [5, 5.41) is 3.50. The molecule has 0 amide bonds. The highest BCUT2D eigenvalue weighted by Gasteiger charge is 2.20. The average molecular weight is 199 g/mol.